The van der Waals surface area contributed by atoms with Crippen molar-refractivity contribution in [3.05, 3.63) is 0 Å². The van der Waals surface area contributed by atoms with Crippen LogP contribution in [0.1, 0.15) is 70.6 Å². The number of halogens is 1. The Labute approximate surface area is 131 Å². The van der Waals surface area contributed by atoms with Gasteiger partial charge in [0.05, 0.1) is 0 Å². The first kappa shape index (κ1) is 18.5. The van der Waals surface area contributed by atoms with Crippen LogP contribution >= 0.6 is 11.6 Å². The molecule has 2 nitrogen and oxygen atoms in total. The van der Waals surface area contributed by atoms with Crippen LogP contribution in [0.2, 0.25) is 11.6 Å². The minimum Gasteiger partial charge on any atom is -0.397 e. The van der Waals surface area contributed by atoms with Gasteiger partial charge in [-0.2, -0.15) is 0 Å². The summed E-state index contributed by atoms with van der Waals surface area (Å²) >= 11 is 5.72. The first-order valence-corrected chi connectivity index (χ1v) is 11.1. The molecular formula is C16H33ClO2Si. The lowest BCUT2D eigenvalue weighted by Gasteiger charge is -2.35. The summed E-state index contributed by atoms with van der Waals surface area (Å²) in [5, 5.41) is 0. The summed E-state index contributed by atoms with van der Waals surface area (Å²) in [6.07, 6.45) is 14.4. The molecule has 120 valence electrons. The van der Waals surface area contributed by atoms with E-state index in [1.807, 2.05) is 14.2 Å². The molecule has 1 aliphatic carbocycles. The molecule has 20 heavy (non-hydrogen) atoms. The van der Waals surface area contributed by atoms with Crippen LogP contribution in [0.15, 0.2) is 0 Å². The van der Waals surface area contributed by atoms with Crippen LogP contribution in [0, 0.1) is 0 Å². The van der Waals surface area contributed by atoms with Crippen LogP contribution in [0.25, 0.3) is 0 Å². The van der Waals surface area contributed by atoms with Gasteiger partial charge >= 0.3 is 8.56 Å². The molecule has 1 rings (SSSR count). The molecule has 4 heteroatoms. The van der Waals surface area contributed by atoms with Crippen molar-refractivity contribution in [3.63, 3.8) is 0 Å². The highest BCUT2D eigenvalue weighted by Gasteiger charge is 2.43. The van der Waals surface area contributed by atoms with Crippen LogP contribution in [0.4, 0.5) is 0 Å². The van der Waals surface area contributed by atoms with Gasteiger partial charge in [0.1, 0.15) is 0 Å². The second-order valence-electron chi connectivity index (χ2n) is 6.12. The van der Waals surface area contributed by atoms with Crippen molar-refractivity contribution in [2.45, 2.75) is 82.2 Å². The van der Waals surface area contributed by atoms with Crippen molar-refractivity contribution in [1.82, 2.24) is 0 Å². The fraction of sp³-hybridized carbons (Fsp3) is 1.00. The molecule has 0 N–H and O–H groups in total. The molecule has 0 atom stereocenters. The third kappa shape index (κ3) is 6.04. The molecule has 0 bridgehead atoms. The van der Waals surface area contributed by atoms with Gasteiger partial charge in [-0.25, -0.2) is 0 Å². The molecule has 0 saturated heterocycles. The van der Waals surface area contributed by atoms with Gasteiger partial charge in [0.25, 0.3) is 0 Å². The Morgan fingerprint density at radius 1 is 0.850 bits per heavy atom. The minimum atomic E-state index is -1.97. The SMILES string of the molecule is CO[Si](CCCCCCCCl)(OC)C1CCCCCC1. The van der Waals surface area contributed by atoms with E-state index in [1.165, 1.54) is 70.3 Å². The van der Waals surface area contributed by atoms with Crippen molar-refractivity contribution in [1.29, 1.82) is 0 Å². The predicted molar refractivity (Wildman–Crippen MR) is 89.8 cm³/mol. The van der Waals surface area contributed by atoms with E-state index in [-0.39, 0.29) is 0 Å². The molecule has 0 aliphatic heterocycles. The Morgan fingerprint density at radius 2 is 1.40 bits per heavy atom. The standard InChI is InChI=1S/C16H33ClO2Si/c1-18-20(19-2,15-11-7-3-6-10-14-17)16-12-8-4-5-9-13-16/h16H,3-15H2,1-2H3. The number of rotatable bonds is 10. The molecule has 1 aliphatic rings. The van der Waals surface area contributed by atoms with E-state index in [9.17, 15) is 0 Å². The van der Waals surface area contributed by atoms with Gasteiger partial charge in [0, 0.05) is 25.6 Å². The van der Waals surface area contributed by atoms with Gasteiger partial charge < -0.3 is 8.85 Å². The Balaban J connectivity index is 2.39. The van der Waals surface area contributed by atoms with E-state index < -0.39 is 8.56 Å². The number of alkyl halides is 1. The lowest BCUT2D eigenvalue weighted by atomic mass is 10.2. The Hall–Kier alpha value is 0.427. The van der Waals surface area contributed by atoms with E-state index >= 15 is 0 Å². The average Bonchev–Trinajstić information content (AvgIpc) is 2.77. The zero-order valence-corrected chi connectivity index (χ0v) is 15.2. The highest BCUT2D eigenvalue weighted by atomic mass is 35.5. The fourth-order valence-electron chi connectivity index (χ4n) is 3.54. The van der Waals surface area contributed by atoms with E-state index in [2.05, 4.69) is 0 Å². The van der Waals surface area contributed by atoms with Crippen molar-refractivity contribution < 1.29 is 8.85 Å². The molecule has 1 fully saturated rings. The second kappa shape index (κ2) is 11.1. The van der Waals surface area contributed by atoms with Crippen LogP contribution in [-0.2, 0) is 8.85 Å². The number of hydrogen-bond donors (Lipinski definition) is 0. The molecule has 0 heterocycles. The van der Waals surface area contributed by atoms with Crippen molar-refractivity contribution in [3.8, 4) is 0 Å². The third-order valence-corrected chi connectivity index (χ3v) is 9.35. The highest BCUT2D eigenvalue weighted by Crippen LogP contribution is 2.39. The van der Waals surface area contributed by atoms with E-state index in [1.54, 1.807) is 0 Å². The zero-order valence-electron chi connectivity index (χ0n) is 13.5. The van der Waals surface area contributed by atoms with Crippen molar-refractivity contribution in [2.75, 3.05) is 20.1 Å². The number of unbranched alkanes of at least 4 members (excludes halogenated alkanes) is 4. The van der Waals surface area contributed by atoms with E-state index in [4.69, 9.17) is 20.5 Å². The molecule has 0 spiro atoms. The van der Waals surface area contributed by atoms with Crippen molar-refractivity contribution in [2.24, 2.45) is 0 Å². The summed E-state index contributed by atoms with van der Waals surface area (Å²) in [5.74, 6) is 0.802. The topological polar surface area (TPSA) is 18.5 Å². The second-order valence-corrected chi connectivity index (χ2v) is 10.2. The molecule has 0 unspecified atom stereocenters. The smallest absolute Gasteiger partial charge is 0.340 e. The Morgan fingerprint density at radius 3 is 1.95 bits per heavy atom. The third-order valence-electron chi connectivity index (χ3n) is 4.83. The van der Waals surface area contributed by atoms with Gasteiger partial charge in [0.15, 0.2) is 0 Å². The van der Waals surface area contributed by atoms with Gasteiger partial charge in [-0.15, -0.1) is 11.6 Å². The van der Waals surface area contributed by atoms with Crippen LogP contribution in [0.3, 0.4) is 0 Å². The summed E-state index contributed by atoms with van der Waals surface area (Å²) < 4.78 is 12.0. The normalized spacial score (nSPS) is 18.1. The predicted octanol–water partition coefficient (Wildman–Crippen LogP) is 5.64. The van der Waals surface area contributed by atoms with Crippen LogP contribution < -0.4 is 0 Å². The number of hydrogen-bond acceptors (Lipinski definition) is 2. The van der Waals surface area contributed by atoms with E-state index in [0.717, 1.165) is 12.3 Å². The average molecular weight is 321 g/mol. The Bertz CT molecular complexity index is 227. The maximum Gasteiger partial charge on any atom is 0.340 e. The molecule has 0 aromatic heterocycles. The first-order valence-electron chi connectivity index (χ1n) is 8.45. The summed E-state index contributed by atoms with van der Waals surface area (Å²) in [5.41, 5.74) is 0.711. The molecule has 1 saturated carbocycles. The van der Waals surface area contributed by atoms with Gasteiger partial charge in [-0.3, -0.25) is 0 Å². The van der Waals surface area contributed by atoms with Gasteiger partial charge in [-0.1, -0.05) is 51.4 Å². The summed E-state index contributed by atoms with van der Waals surface area (Å²) in [7, 11) is 1.80. The Kier molecular flexibility index (Phi) is 10.2. The zero-order chi connectivity index (χ0) is 14.7. The van der Waals surface area contributed by atoms with Crippen LogP contribution in [0.5, 0.6) is 0 Å². The monoisotopic (exact) mass is 320 g/mol. The maximum absolute atomic E-state index is 6.01. The summed E-state index contributed by atoms with van der Waals surface area (Å²) in [6, 6.07) is 1.17. The summed E-state index contributed by atoms with van der Waals surface area (Å²) in [6.45, 7) is 0. The maximum atomic E-state index is 6.01. The van der Waals surface area contributed by atoms with Gasteiger partial charge in [-0.05, 0) is 25.3 Å². The highest BCUT2D eigenvalue weighted by molar-refractivity contribution is 6.68. The largest absolute Gasteiger partial charge is 0.397 e. The molecule has 0 aromatic carbocycles. The fourth-order valence-corrected chi connectivity index (χ4v) is 7.41. The van der Waals surface area contributed by atoms with Gasteiger partial charge in [0.2, 0.25) is 0 Å². The summed E-state index contributed by atoms with van der Waals surface area (Å²) in [4.78, 5) is 0. The van der Waals surface area contributed by atoms with E-state index in [0.29, 0.717) is 5.54 Å². The first-order chi connectivity index (χ1) is 9.79. The quantitative estimate of drug-likeness (QED) is 0.224. The minimum absolute atomic E-state index is 0.711. The lowest BCUT2D eigenvalue weighted by Crippen LogP contribution is -2.45. The molecular weight excluding hydrogens is 288 g/mol. The van der Waals surface area contributed by atoms with Crippen molar-refractivity contribution >= 4 is 20.2 Å². The molecule has 0 radical (unpaired) electrons. The molecule has 0 amide bonds. The lowest BCUT2D eigenvalue weighted by molar-refractivity contribution is 0.222. The molecule has 0 aromatic rings. The van der Waals surface area contributed by atoms with Crippen LogP contribution in [-0.4, -0.2) is 28.7 Å².